The third-order valence-electron chi connectivity index (χ3n) is 4.71. The van der Waals surface area contributed by atoms with Gasteiger partial charge in [0.15, 0.2) is 5.69 Å². The van der Waals surface area contributed by atoms with E-state index in [1.54, 1.807) is 41.2 Å². The smallest absolute Gasteiger partial charge is 0.358 e. The molecule has 1 aliphatic heterocycles. The number of carbonyl (C=O) groups excluding carboxylic acids is 1. The lowest BCUT2D eigenvalue weighted by molar-refractivity contribution is 0.0592. The molecular formula is C22H16FN3O2. The molecule has 0 spiro atoms. The van der Waals surface area contributed by atoms with Crippen LogP contribution in [-0.2, 0) is 4.74 Å². The first-order valence-corrected chi connectivity index (χ1v) is 8.64. The summed E-state index contributed by atoms with van der Waals surface area (Å²) in [6.07, 6.45) is 7.12. The van der Waals surface area contributed by atoms with E-state index in [0.29, 0.717) is 33.8 Å². The molecule has 28 heavy (non-hydrogen) atoms. The predicted molar refractivity (Wildman–Crippen MR) is 103 cm³/mol. The molecule has 138 valence electrons. The zero-order valence-electron chi connectivity index (χ0n) is 15.3. The van der Waals surface area contributed by atoms with Gasteiger partial charge in [0.2, 0.25) is 0 Å². The second-order valence-electron chi connectivity index (χ2n) is 6.35. The van der Waals surface area contributed by atoms with Crippen molar-refractivity contribution in [3.8, 4) is 18.0 Å². The first-order chi connectivity index (χ1) is 13.5. The molecule has 0 bridgehead atoms. The summed E-state index contributed by atoms with van der Waals surface area (Å²) in [7, 11) is 1.30. The number of nitrogens with zero attached hydrogens (tertiary/aromatic N) is 3. The van der Waals surface area contributed by atoms with Crippen LogP contribution >= 0.6 is 0 Å². The molecule has 0 saturated carbocycles. The highest BCUT2D eigenvalue weighted by atomic mass is 19.1. The summed E-state index contributed by atoms with van der Waals surface area (Å²) in [5, 5.41) is 0. The number of ether oxygens (including phenoxy) is 1. The first-order valence-electron chi connectivity index (χ1n) is 8.64. The molecule has 5 nitrogen and oxygen atoms in total. The Morgan fingerprint density at radius 1 is 1.25 bits per heavy atom. The minimum Gasteiger partial charge on any atom is -0.464 e. The maximum Gasteiger partial charge on any atom is 0.358 e. The highest BCUT2D eigenvalue weighted by molar-refractivity contribution is 6.15. The van der Waals surface area contributed by atoms with E-state index in [2.05, 4.69) is 10.9 Å². The molecule has 0 radical (unpaired) electrons. The average molecular weight is 373 g/mol. The Kier molecular flexibility index (Phi) is 4.28. The van der Waals surface area contributed by atoms with E-state index < -0.39 is 12.0 Å². The van der Waals surface area contributed by atoms with Gasteiger partial charge in [-0.3, -0.25) is 9.56 Å². The average Bonchev–Trinajstić information content (AvgIpc) is 3.12. The number of aliphatic imine (C=N–C) groups is 1. The summed E-state index contributed by atoms with van der Waals surface area (Å²) in [5.74, 6) is 1.67. The lowest BCUT2D eigenvalue weighted by Crippen LogP contribution is -2.09. The zero-order valence-corrected chi connectivity index (χ0v) is 15.3. The number of imidazole rings is 1. The Bertz CT molecular complexity index is 1170. The summed E-state index contributed by atoms with van der Waals surface area (Å²) in [6.45, 7) is 1.83. The van der Waals surface area contributed by atoms with Gasteiger partial charge >= 0.3 is 5.97 Å². The molecule has 2 aromatic carbocycles. The minimum atomic E-state index is -0.549. The number of rotatable bonds is 2. The van der Waals surface area contributed by atoms with Gasteiger partial charge in [-0.05, 0) is 37.3 Å². The Morgan fingerprint density at radius 2 is 2.04 bits per heavy atom. The first kappa shape index (κ1) is 17.7. The molecule has 1 aliphatic rings. The van der Waals surface area contributed by atoms with Crippen molar-refractivity contribution in [1.82, 2.24) is 9.55 Å². The SMILES string of the molecule is C#Cc1ccc2c(c1)C(c1ccccc1F)=N[C@@H](C)c1c(C(=O)OC)ncn1-2. The Labute approximate surface area is 161 Å². The van der Waals surface area contributed by atoms with E-state index in [0.717, 1.165) is 0 Å². The van der Waals surface area contributed by atoms with Gasteiger partial charge in [0, 0.05) is 16.7 Å². The maximum atomic E-state index is 14.6. The molecule has 0 fully saturated rings. The topological polar surface area (TPSA) is 56.5 Å². The van der Waals surface area contributed by atoms with Crippen LogP contribution in [0.2, 0.25) is 0 Å². The van der Waals surface area contributed by atoms with Crippen molar-refractivity contribution >= 4 is 11.7 Å². The van der Waals surface area contributed by atoms with E-state index in [1.807, 2.05) is 13.0 Å². The van der Waals surface area contributed by atoms with Crippen molar-refractivity contribution in [2.75, 3.05) is 7.11 Å². The van der Waals surface area contributed by atoms with Crippen LogP contribution in [0.1, 0.15) is 45.8 Å². The highest BCUT2D eigenvalue weighted by Gasteiger charge is 2.29. The number of hydrogen-bond donors (Lipinski definition) is 0. The van der Waals surface area contributed by atoms with Crippen molar-refractivity contribution in [2.45, 2.75) is 13.0 Å². The second kappa shape index (κ2) is 6.78. The number of benzene rings is 2. The molecule has 4 rings (SSSR count). The standard InChI is InChI=1S/C22H16FN3O2/c1-4-14-9-10-18-16(11-14)19(15-7-5-6-8-17(15)23)25-13(2)21-20(22(27)28-3)24-12-26(18)21/h1,5-13H,2-3H3/t13-/m0/s1. The third kappa shape index (κ3) is 2.69. The van der Waals surface area contributed by atoms with Crippen LogP contribution in [-0.4, -0.2) is 28.3 Å². The van der Waals surface area contributed by atoms with E-state index in [9.17, 15) is 9.18 Å². The monoisotopic (exact) mass is 373 g/mol. The predicted octanol–water partition coefficient (Wildman–Crippen LogP) is 3.69. The summed E-state index contributed by atoms with van der Waals surface area (Å²) < 4.78 is 21.2. The van der Waals surface area contributed by atoms with Crippen molar-refractivity contribution in [3.05, 3.63) is 82.7 Å². The van der Waals surface area contributed by atoms with Crippen LogP contribution in [0.3, 0.4) is 0 Å². The summed E-state index contributed by atoms with van der Waals surface area (Å²) in [5.41, 5.74) is 3.61. The minimum absolute atomic E-state index is 0.181. The van der Waals surface area contributed by atoms with Crippen LogP contribution < -0.4 is 0 Å². The Balaban J connectivity index is 2.05. The fourth-order valence-corrected chi connectivity index (χ4v) is 3.42. The number of hydrogen-bond acceptors (Lipinski definition) is 4. The lowest BCUT2D eigenvalue weighted by atomic mass is 9.98. The van der Waals surface area contributed by atoms with Crippen molar-refractivity contribution in [3.63, 3.8) is 0 Å². The summed E-state index contributed by atoms with van der Waals surface area (Å²) in [6, 6.07) is 11.4. The van der Waals surface area contributed by atoms with Gasteiger partial charge in [-0.1, -0.05) is 18.1 Å². The molecule has 0 N–H and O–H groups in total. The van der Waals surface area contributed by atoms with E-state index in [1.165, 1.54) is 13.2 Å². The van der Waals surface area contributed by atoms with Crippen LogP contribution in [0.25, 0.3) is 5.69 Å². The fourth-order valence-electron chi connectivity index (χ4n) is 3.42. The second-order valence-corrected chi connectivity index (χ2v) is 6.35. The maximum absolute atomic E-state index is 14.6. The normalized spacial score (nSPS) is 14.9. The number of halogens is 1. The van der Waals surface area contributed by atoms with E-state index >= 15 is 0 Å². The molecule has 1 atom stereocenters. The van der Waals surface area contributed by atoms with Gasteiger partial charge in [0.25, 0.3) is 0 Å². The molecular weight excluding hydrogens is 357 g/mol. The quantitative estimate of drug-likeness (QED) is 0.509. The van der Waals surface area contributed by atoms with Crippen molar-refractivity contribution < 1.29 is 13.9 Å². The van der Waals surface area contributed by atoms with Gasteiger partial charge in [-0.25, -0.2) is 14.2 Å². The molecule has 0 unspecified atom stereocenters. The summed E-state index contributed by atoms with van der Waals surface area (Å²) in [4.78, 5) is 21.2. The van der Waals surface area contributed by atoms with Gasteiger partial charge < -0.3 is 4.74 Å². The highest BCUT2D eigenvalue weighted by Crippen LogP contribution is 2.33. The lowest BCUT2D eigenvalue weighted by Gasteiger charge is -2.13. The van der Waals surface area contributed by atoms with Crippen LogP contribution in [0.5, 0.6) is 0 Å². The number of fused-ring (bicyclic) bond motifs is 3. The van der Waals surface area contributed by atoms with E-state index in [4.69, 9.17) is 16.2 Å². The van der Waals surface area contributed by atoms with Crippen LogP contribution in [0.4, 0.5) is 4.39 Å². The largest absolute Gasteiger partial charge is 0.464 e. The van der Waals surface area contributed by atoms with Gasteiger partial charge in [-0.2, -0.15) is 0 Å². The third-order valence-corrected chi connectivity index (χ3v) is 4.71. The molecule has 2 heterocycles. The van der Waals surface area contributed by atoms with Gasteiger partial charge in [0.1, 0.15) is 12.1 Å². The molecule has 6 heteroatoms. The van der Waals surface area contributed by atoms with Crippen molar-refractivity contribution in [1.29, 1.82) is 0 Å². The number of carbonyl (C=O) groups is 1. The van der Waals surface area contributed by atoms with Crippen LogP contribution in [0.15, 0.2) is 53.8 Å². The zero-order chi connectivity index (χ0) is 19.8. The van der Waals surface area contributed by atoms with Crippen LogP contribution in [0, 0.1) is 18.2 Å². The fraction of sp³-hybridized carbons (Fsp3) is 0.136. The van der Waals surface area contributed by atoms with Gasteiger partial charge in [-0.15, -0.1) is 6.42 Å². The summed E-state index contributed by atoms with van der Waals surface area (Å²) >= 11 is 0. The molecule has 0 saturated heterocycles. The molecule has 0 amide bonds. The number of terminal acetylenes is 1. The molecule has 3 aromatic rings. The number of methoxy groups -OCH3 is 1. The van der Waals surface area contributed by atoms with Gasteiger partial charge in [0.05, 0.1) is 30.2 Å². The molecule has 0 aliphatic carbocycles. The number of aromatic nitrogens is 2. The Morgan fingerprint density at radius 3 is 2.75 bits per heavy atom. The number of esters is 1. The molecule has 1 aromatic heterocycles. The Hall–Kier alpha value is -3.72. The van der Waals surface area contributed by atoms with E-state index in [-0.39, 0.29) is 11.5 Å². The van der Waals surface area contributed by atoms with Crippen molar-refractivity contribution in [2.24, 2.45) is 4.99 Å².